The van der Waals surface area contributed by atoms with Crippen molar-refractivity contribution < 1.29 is 33.0 Å². The summed E-state index contributed by atoms with van der Waals surface area (Å²) in [6.45, 7) is 11.9. The van der Waals surface area contributed by atoms with Crippen LogP contribution in [0.2, 0.25) is 0 Å². The van der Waals surface area contributed by atoms with Crippen LogP contribution in [0.25, 0.3) is 0 Å². The zero-order chi connectivity index (χ0) is 37.9. The van der Waals surface area contributed by atoms with Crippen LogP contribution in [0.5, 0.6) is 0 Å². The van der Waals surface area contributed by atoms with Gasteiger partial charge in [0.15, 0.2) is 0 Å². The molecular weight excluding hydrogens is 673 g/mol. The van der Waals surface area contributed by atoms with E-state index in [0.717, 1.165) is 5.56 Å². The molecule has 0 spiro atoms. The first-order valence-corrected chi connectivity index (χ1v) is 18.6. The molecular formula is C36H54N7O7P. The van der Waals surface area contributed by atoms with Crippen molar-refractivity contribution in [1.29, 1.82) is 5.26 Å². The molecule has 4 N–H and O–H groups in total. The molecule has 280 valence electrons. The monoisotopic (exact) mass is 727 g/mol. The second kappa shape index (κ2) is 22.8. The number of hydrogen-bond donors (Lipinski definition) is 4. The number of nitrogens with one attached hydrogen (secondary N) is 4. The molecule has 6 unspecified atom stereocenters. The summed E-state index contributed by atoms with van der Waals surface area (Å²) in [5.74, 6) is 0.322. The molecule has 1 aromatic rings. The summed E-state index contributed by atoms with van der Waals surface area (Å²) < 4.78 is 14.0. The van der Waals surface area contributed by atoms with Crippen LogP contribution in [0.15, 0.2) is 30.3 Å². The van der Waals surface area contributed by atoms with Crippen LogP contribution < -0.4 is 21.3 Å². The molecule has 1 aliphatic rings. The highest BCUT2D eigenvalue weighted by Gasteiger charge is 2.40. The molecule has 0 aromatic heterocycles. The van der Waals surface area contributed by atoms with Crippen molar-refractivity contribution in [1.82, 2.24) is 30.8 Å². The van der Waals surface area contributed by atoms with Crippen molar-refractivity contribution in [3.63, 3.8) is 0 Å². The van der Waals surface area contributed by atoms with Gasteiger partial charge in [-0.1, -0.05) is 37.3 Å². The Morgan fingerprint density at radius 1 is 1.12 bits per heavy atom. The number of aldehydes is 1. The lowest BCUT2D eigenvalue weighted by Crippen LogP contribution is -2.54. The van der Waals surface area contributed by atoms with Crippen molar-refractivity contribution in [3.8, 4) is 18.4 Å². The molecule has 0 bridgehead atoms. The van der Waals surface area contributed by atoms with Gasteiger partial charge in [-0.05, 0) is 53.0 Å². The molecule has 14 nitrogen and oxygen atoms in total. The molecule has 0 aliphatic carbocycles. The molecule has 51 heavy (non-hydrogen) atoms. The van der Waals surface area contributed by atoms with E-state index in [0.29, 0.717) is 12.7 Å². The molecule has 1 fully saturated rings. The number of hydrogen-bond acceptors (Lipinski definition) is 10. The minimum absolute atomic E-state index is 0.139. The summed E-state index contributed by atoms with van der Waals surface area (Å²) >= 11 is 0. The second-order valence-corrected chi connectivity index (χ2v) is 14.3. The summed E-state index contributed by atoms with van der Waals surface area (Å²) in [5, 5.41) is 20.0. The van der Waals surface area contributed by atoms with E-state index in [9.17, 15) is 24.0 Å². The Labute approximate surface area is 303 Å². The fourth-order valence-electron chi connectivity index (χ4n) is 5.73. The predicted molar refractivity (Wildman–Crippen MR) is 194 cm³/mol. The lowest BCUT2D eigenvalue weighted by atomic mass is 9.99. The van der Waals surface area contributed by atoms with Crippen LogP contribution in [0.4, 0.5) is 0 Å². The van der Waals surface area contributed by atoms with Gasteiger partial charge in [-0.2, -0.15) is 5.26 Å². The maximum Gasteiger partial charge on any atom is 0.259 e. The molecule has 4 amide bonds. The third-order valence-electron chi connectivity index (χ3n) is 8.28. The Balaban J connectivity index is 1.98. The van der Waals surface area contributed by atoms with Gasteiger partial charge in [-0.15, -0.1) is 12.3 Å². The highest BCUT2D eigenvalue weighted by Crippen LogP contribution is 2.45. The topological polar surface area (TPSA) is 182 Å². The molecule has 15 heteroatoms. The molecule has 0 saturated carbocycles. The minimum Gasteiger partial charge on any atom is -0.352 e. The van der Waals surface area contributed by atoms with Crippen LogP contribution in [-0.2, 0) is 39.4 Å². The third kappa shape index (κ3) is 14.3. The fraction of sp³-hybridized carbons (Fsp3) is 0.611. The van der Waals surface area contributed by atoms with Crippen molar-refractivity contribution in [2.24, 2.45) is 5.92 Å². The molecule has 6 atom stereocenters. The number of rotatable bonds is 23. The molecule has 2 rings (SSSR count). The number of nitriles is 1. The Morgan fingerprint density at radius 3 is 2.37 bits per heavy atom. The first-order valence-electron chi connectivity index (χ1n) is 17.4. The molecule has 0 radical (unpaired) electrons. The van der Waals surface area contributed by atoms with E-state index in [-0.39, 0.29) is 82.1 Å². The fourth-order valence-corrected chi connectivity index (χ4v) is 7.32. The highest BCUT2D eigenvalue weighted by molar-refractivity contribution is 7.44. The number of carbonyl (C=O) groups excluding carboxylic acids is 5. The quantitative estimate of drug-likeness (QED) is 0.0564. The number of likely N-dealkylation sites (tertiary alicyclic amines) is 1. The molecule has 1 saturated heterocycles. The number of nitrogens with zero attached hydrogens (tertiary/aromatic N) is 3. The van der Waals surface area contributed by atoms with Crippen molar-refractivity contribution in [3.05, 3.63) is 35.9 Å². The van der Waals surface area contributed by atoms with Crippen molar-refractivity contribution in [2.75, 3.05) is 32.8 Å². The van der Waals surface area contributed by atoms with Gasteiger partial charge in [-0.25, -0.2) is 4.67 Å². The van der Waals surface area contributed by atoms with Crippen LogP contribution in [0, 0.1) is 29.6 Å². The maximum absolute atomic E-state index is 13.5. The van der Waals surface area contributed by atoms with E-state index in [1.54, 1.807) is 6.92 Å². The van der Waals surface area contributed by atoms with Gasteiger partial charge in [0.2, 0.25) is 23.6 Å². The predicted octanol–water partition coefficient (Wildman–Crippen LogP) is 2.04. The van der Waals surface area contributed by atoms with E-state index < -0.39 is 44.4 Å². The zero-order valence-corrected chi connectivity index (χ0v) is 31.5. The van der Waals surface area contributed by atoms with Crippen molar-refractivity contribution >= 4 is 38.4 Å². The minimum atomic E-state index is -1.45. The van der Waals surface area contributed by atoms with E-state index in [2.05, 4.69) is 37.9 Å². The average Bonchev–Trinajstić information content (AvgIpc) is 3.35. The van der Waals surface area contributed by atoms with E-state index in [4.69, 9.17) is 20.7 Å². The Bertz CT molecular complexity index is 1360. The molecule has 1 aliphatic heterocycles. The van der Waals surface area contributed by atoms with Gasteiger partial charge < -0.3 is 34.7 Å². The normalized spacial score (nSPS) is 18.1. The second-order valence-electron chi connectivity index (χ2n) is 12.9. The number of terminal acetylenes is 1. The lowest BCUT2D eigenvalue weighted by molar-refractivity contribution is -0.137. The van der Waals surface area contributed by atoms with Gasteiger partial charge in [0.1, 0.15) is 18.4 Å². The maximum atomic E-state index is 13.5. The van der Waals surface area contributed by atoms with Crippen LogP contribution in [0.3, 0.4) is 0 Å². The summed E-state index contributed by atoms with van der Waals surface area (Å²) in [6.07, 6.45) is 7.42. The number of benzene rings is 1. The largest absolute Gasteiger partial charge is 0.352 e. The standard InChI is InChI=1S/C36H54N7O7P/c1-8-29(9-2)32(24-44)39-22-33(45)40-30(21-28-14-11-10-12-15-28)35(47)41-31-20-27(7)42(36(31)48)23-34(46)38-17-19-50-51(49-18-13-16-37)43(25(3)4)26(5)6/h1,10-12,14-15,24-27,29-32,39H,9,13,17-23H2,2-7H3,(H,38,46)(H,40,45)(H,41,47). The summed E-state index contributed by atoms with van der Waals surface area (Å²) in [4.78, 5) is 65.7. The van der Waals surface area contributed by atoms with Crippen molar-refractivity contribution in [2.45, 2.75) is 103 Å². The highest BCUT2D eigenvalue weighted by atomic mass is 31.2. The van der Waals surface area contributed by atoms with E-state index in [1.165, 1.54) is 4.90 Å². The van der Waals surface area contributed by atoms with Gasteiger partial charge in [0.05, 0.1) is 44.8 Å². The van der Waals surface area contributed by atoms with E-state index >= 15 is 0 Å². The molecule has 1 aromatic carbocycles. The first-order chi connectivity index (χ1) is 24.4. The molecule has 1 heterocycles. The summed E-state index contributed by atoms with van der Waals surface area (Å²) in [5.41, 5.74) is 0.797. The smallest absolute Gasteiger partial charge is 0.259 e. The lowest BCUT2D eigenvalue weighted by Gasteiger charge is -2.35. The van der Waals surface area contributed by atoms with E-state index in [1.807, 2.05) is 65.0 Å². The summed E-state index contributed by atoms with van der Waals surface area (Å²) in [7, 11) is -1.45. The van der Waals surface area contributed by atoms with Gasteiger partial charge in [-0.3, -0.25) is 24.5 Å². The Hall–Kier alpha value is -3.91. The number of carbonyl (C=O) groups is 5. The first kappa shape index (κ1) is 43.3. The number of amides is 4. The Kier molecular flexibility index (Phi) is 19.3. The summed E-state index contributed by atoms with van der Waals surface area (Å²) in [6, 6.07) is 8.53. The van der Waals surface area contributed by atoms with Crippen LogP contribution >= 0.6 is 8.53 Å². The van der Waals surface area contributed by atoms with Crippen LogP contribution in [0.1, 0.15) is 66.4 Å². The SMILES string of the molecule is C#CC(CC)C(C=O)NCC(=O)NC(Cc1ccccc1)C(=O)NC1CC(C)N(CC(=O)NCCOP(OCCC#N)N(C(C)C)C(C)C)C1=O. The average molecular weight is 728 g/mol. The van der Waals surface area contributed by atoms with Crippen LogP contribution in [-0.4, -0.2) is 109 Å². The Morgan fingerprint density at radius 2 is 1.78 bits per heavy atom. The third-order valence-corrected chi connectivity index (χ3v) is 10.4. The van der Waals surface area contributed by atoms with Gasteiger partial charge in [0, 0.05) is 37.0 Å². The zero-order valence-electron chi connectivity index (χ0n) is 30.6. The van der Waals surface area contributed by atoms with Gasteiger partial charge >= 0.3 is 0 Å². The van der Waals surface area contributed by atoms with Gasteiger partial charge in [0.25, 0.3) is 8.53 Å².